The number of rotatable bonds is 3. The smallest absolute Gasteiger partial charge is 0.358 e. The minimum absolute atomic E-state index is 0.321. The van der Waals surface area contributed by atoms with Crippen LogP contribution in [0.25, 0.3) is 10.4 Å². The number of aromatic nitrogens is 1. The zero-order chi connectivity index (χ0) is 14.0. The van der Waals surface area contributed by atoms with Gasteiger partial charge < -0.3 is 9.47 Å². The van der Waals surface area contributed by atoms with Gasteiger partial charge in [0.1, 0.15) is 5.75 Å². The van der Waals surface area contributed by atoms with Crippen LogP contribution in [0.5, 0.6) is 5.75 Å². The molecule has 0 spiro atoms. The fraction of sp³-hybridized carbons (Fsp3) is 0.231. The molecule has 1 aromatic heterocycles. The van der Waals surface area contributed by atoms with E-state index in [2.05, 4.69) is 20.9 Å². The molecule has 2 aromatic rings. The summed E-state index contributed by atoms with van der Waals surface area (Å²) in [5.41, 5.74) is 1.14. The quantitative estimate of drug-likeness (QED) is 0.799. The van der Waals surface area contributed by atoms with Crippen molar-refractivity contribution in [3.8, 4) is 16.2 Å². The zero-order valence-corrected chi connectivity index (χ0v) is 13.1. The molecule has 0 aliphatic heterocycles. The highest BCUT2D eigenvalue weighted by atomic mass is 79.9. The summed E-state index contributed by atoms with van der Waals surface area (Å²) in [6.07, 6.45) is 0. The van der Waals surface area contributed by atoms with E-state index in [9.17, 15) is 4.79 Å². The van der Waals surface area contributed by atoms with E-state index in [0.717, 1.165) is 19.9 Å². The van der Waals surface area contributed by atoms with E-state index in [-0.39, 0.29) is 0 Å². The van der Waals surface area contributed by atoms with Crippen molar-refractivity contribution in [2.75, 3.05) is 14.2 Å². The van der Waals surface area contributed by atoms with Gasteiger partial charge in [-0.15, -0.1) is 11.3 Å². The van der Waals surface area contributed by atoms with Gasteiger partial charge in [-0.3, -0.25) is 0 Å². The molecule has 0 radical (unpaired) electrons. The van der Waals surface area contributed by atoms with Crippen molar-refractivity contribution >= 4 is 33.2 Å². The molecule has 0 saturated heterocycles. The van der Waals surface area contributed by atoms with Crippen molar-refractivity contribution < 1.29 is 14.3 Å². The third-order valence-corrected chi connectivity index (χ3v) is 4.02. The van der Waals surface area contributed by atoms with Gasteiger partial charge in [0, 0.05) is 10.0 Å². The number of carbonyl (C=O) groups is 1. The fourth-order valence-electron chi connectivity index (χ4n) is 1.70. The maximum Gasteiger partial charge on any atom is 0.358 e. The van der Waals surface area contributed by atoms with Crippen molar-refractivity contribution in [3.05, 3.63) is 33.4 Å². The Hall–Kier alpha value is -1.40. The molecule has 0 amide bonds. The zero-order valence-electron chi connectivity index (χ0n) is 10.7. The van der Waals surface area contributed by atoms with Gasteiger partial charge in [-0.05, 0) is 25.1 Å². The van der Waals surface area contributed by atoms with Crippen LogP contribution in [0, 0.1) is 6.92 Å². The van der Waals surface area contributed by atoms with E-state index in [1.165, 1.54) is 18.4 Å². The molecular formula is C13H12BrNO3S. The molecule has 1 aromatic carbocycles. The van der Waals surface area contributed by atoms with Crippen LogP contribution >= 0.6 is 27.3 Å². The van der Waals surface area contributed by atoms with Gasteiger partial charge in [0.05, 0.1) is 24.1 Å². The molecule has 0 aliphatic carbocycles. The summed E-state index contributed by atoms with van der Waals surface area (Å²) in [5.74, 6) is 0.249. The molecule has 1 heterocycles. The minimum atomic E-state index is -0.443. The Morgan fingerprint density at radius 1 is 1.37 bits per heavy atom. The first-order valence-corrected chi connectivity index (χ1v) is 7.07. The average Bonchev–Trinajstić information content (AvgIpc) is 2.79. The molecule has 0 aliphatic rings. The third-order valence-electron chi connectivity index (χ3n) is 2.52. The van der Waals surface area contributed by atoms with Crippen molar-refractivity contribution in [2.24, 2.45) is 0 Å². The maximum absolute atomic E-state index is 11.8. The predicted octanol–water partition coefficient (Wildman–Crippen LogP) is 3.68. The summed E-state index contributed by atoms with van der Waals surface area (Å²) in [6, 6.07) is 5.63. The van der Waals surface area contributed by atoms with E-state index in [0.29, 0.717) is 11.4 Å². The number of carbonyl (C=O) groups excluding carboxylic acids is 1. The fourth-order valence-corrected chi connectivity index (χ4v) is 2.99. The summed E-state index contributed by atoms with van der Waals surface area (Å²) < 4.78 is 11.0. The third kappa shape index (κ3) is 2.79. The Morgan fingerprint density at radius 2 is 2.11 bits per heavy atom. The van der Waals surface area contributed by atoms with Crippen molar-refractivity contribution in [3.63, 3.8) is 0 Å². The lowest BCUT2D eigenvalue weighted by Gasteiger charge is -2.08. The van der Waals surface area contributed by atoms with Gasteiger partial charge in [0.2, 0.25) is 0 Å². The van der Waals surface area contributed by atoms with Crippen molar-refractivity contribution in [1.29, 1.82) is 0 Å². The standard InChI is InChI=1S/C13H12BrNO3S/c1-7-15-11(13(16)18-3)12(19-7)9-6-8(14)4-5-10(9)17-2/h4-6H,1-3H3. The number of hydrogen-bond acceptors (Lipinski definition) is 5. The predicted molar refractivity (Wildman–Crippen MR) is 77.9 cm³/mol. The van der Waals surface area contributed by atoms with Gasteiger partial charge in [0.25, 0.3) is 0 Å². The molecule has 0 unspecified atom stereocenters. The summed E-state index contributed by atoms with van der Waals surface area (Å²) in [6.45, 7) is 1.85. The van der Waals surface area contributed by atoms with Crippen molar-refractivity contribution in [2.45, 2.75) is 6.92 Å². The molecule has 6 heteroatoms. The van der Waals surface area contributed by atoms with Crippen LogP contribution in [0.15, 0.2) is 22.7 Å². The number of esters is 1. The van der Waals surface area contributed by atoms with E-state index < -0.39 is 5.97 Å². The second-order valence-corrected chi connectivity index (χ2v) is 5.87. The Balaban J connectivity index is 2.64. The summed E-state index contributed by atoms with van der Waals surface area (Å²) >= 11 is 4.86. The molecule has 2 rings (SSSR count). The lowest BCUT2D eigenvalue weighted by molar-refractivity contribution is 0.0595. The van der Waals surface area contributed by atoms with Gasteiger partial charge in [0.15, 0.2) is 5.69 Å². The first kappa shape index (κ1) is 14.0. The van der Waals surface area contributed by atoms with E-state index >= 15 is 0 Å². The lowest BCUT2D eigenvalue weighted by atomic mass is 10.1. The molecule has 19 heavy (non-hydrogen) atoms. The van der Waals surface area contributed by atoms with Gasteiger partial charge in [-0.25, -0.2) is 9.78 Å². The number of halogens is 1. The highest BCUT2D eigenvalue weighted by molar-refractivity contribution is 9.10. The summed E-state index contributed by atoms with van der Waals surface area (Å²) in [7, 11) is 2.94. The number of thiazole rings is 1. The first-order valence-electron chi connectivity index (χ1n) is 5.46. The Bertz CT molecular complexity index is 624. The lowest BCUT2D eigenvalue weighted by Crippen LogP contribution is -2.03. The Morgan fingerprint density at radius 3 is 2.74 bits per heavy atom. The van der Waals surface area contributed by atoms with Crippen LogP contribution in [-0.4, -0.2) is 25.2 Å². The number of ether oxygens (including phenoxy) is 2. The molecule has 0 atom stereocenters. The number of hydrogen-bond donors (Lipinski definition) is 0. The second kappa shape index (κ2) is 5.71. The number of nitrogens with zero attached hydrogens (tertiary/aromatic N) is 1. The molecule has 100 valence electrons. The van der Waals surface area contributed by atoms with Crippen LogP contribution in [0.3, 0.4) is 0 Å². The monoisotopic (exact) mass is 341 g/mol. The molecule has 0 saturated carbocycles. The van der Waals surface area contributed by atoms with Crippen LogP contribution in [0.4, 0.5) is 0 Å². The van der Waals surface area contributed by atoms with Gasteiger partial charge in [-0.1, -0.05) is 15.9 Å². The van der Waals surface area contributed by atoms with Crippen molar-refractivity contribution in [1.82, 2.24) is 4.98 Å². The first-order chi connectivity index (χ1) is 9.06. The van der Waals surface area contributed by atoms with Crippen LogP contribution in [0.1, 0.15) is 15.5 Å². The van der Waals surface area contributed by atoms with Gasteiger partial charge in [-0.2, -0.15) is 0 Å². The minimum Gasteiger partial charge on any atom is -0.496 e. The topological polar surface area (TPSA) is 48.4 Å². The normalized spacial score (nSPS) is 10.3. The summed E-state index contributed by atoms with van der Waals surface area (Å²) in [4.78, 5) is 16.8. The highest BCUT2D eigenvalue weighted by Gasteiger charge is 2.21. The number of aryl methyl sites for hydroxylation is 1. The molecular weight excluding hydrogens is 330 g/mol. The number of methoxy groups -OCH3 is 2. The highest BCUT2D eigenvalue weighted by Crippen LogP contribution is 2.38. The molecule has 0 N–H and O–H groups in total. The van der Waals surface area contributed by atoms with Crippen LogP contribution in [0.2, 0.25) is 0 Å². The van der Waals surface area contributed by atoms with Crippen LogP contribution in [-0.2, 0) is 4.74 Å². The van der Waals surface area contributed by atoms with E-state index in [1.807, 2.05) is 25.1 Å². The SMILES string of the molecule is COC(=O)c1nc(C)sc1-c1cc(Br)ccc1OC. The number of benzene rings is 1. The molecule has 0 bridgehead atoms. The van der Waals surface area contributed by atoms with Gasteiger partial charge >= 0.3 is 5.97 Å². The van der Waals surface area contributed by atoms with E-state index in [4.69, 9.17) is 9.47 Å². The molecule has 0 fully saturated rings. The molecule has 4 nitrogen and oxygen atoms in total. The largest absolute Gasteiger partial charge is 0.496 e. The second-order valence-electron chi connectivity index (χ2n) is 3.75. The van der Waals surface area contributed by atoms with Crippen LogP contribution < -0.4 is 4.74 Å². The Labute approximate surface area is 123 Å². The summed E-state index contributed by atoms with van der Waals surface area (Å²) in [5, 5.41) is 0.803. The Kier molecular flexibility index (Phi) is 4.21. The maximum atomic E-state index is 11.8. The average molecular weight is 342 g/mol. The van der Waals surface area contributed by atoms with E-state index in [1.54, 1.807) is 7.11 Å².